The Balaban J connectivity index is 1.18. The molecule has 0 spiro atoms. The van der Waals surface area contributed by atoms with Crippen molar-refractivity contribution in [2.75, 3.05) is 25.5 Å². The highest BCUT2D eigenvalue weighted by Crippen LogP contribution is 2.32. The van der Waals surface area contributed by atoms with E-state index < -0.39 is 0 Å². The van der Waals surface area contributed by atoms with Gasteiger partial charge in [0, 0.05) is 24.2 Å². The van der Waals surface area contributed by atoms with Crippen LogP contribution in [0.1, 0.15) is 66.6 Å². The first-order valence-electron chi connectivity index (χ1n) is 13.7. The highest BCUT2D eigenvalue weighted by molar-refractivity contribution is 7.10. The zero-order valence-electron chi connectivity index (χ0n) is 21.9. The van der Waals surface area contributed by atoms with E-state index in [0.29, 0.717) is 48.8 Å². The SMILES string of the molecule is CN1C(=O)c2cc(NC(=O)Cc3cccs3)ccc2OC[C@H]2O[C@H](CC(=O)NCC3CCCCC3)CC[C@@H]21. The van der Waals surface area contributed by atoms with Crippen LogP contribution in [-0.2, 0) is 20.7 Å². The van der Waals surface area contributed by atoms with E-state index in [1.807, 2.05) is 17.5 Å². The lowest BCUT2D eigenvalue weighted by atomic mass is 9.89. The van der Waals surface area contributed by atoms with Crippen molar-refractivity contribution in [3.63, 3.8) is 0 Å². The van der Waals surface area contributed by atoms with Crippen LogP contribution in [0.3, 0.4) is 0 Å². The molecule has 0 unspecified atom stereocenters. The zero-order valence-corrected chi connectivity index (χ0v) is 22.8. The second-order valence-corrected chi connectivity index (χ2v) is 11.7. The van der Waals surface area contributed by atoms with Crippen molar-refractivity contribution in [2.45, 2.75) is 76.0 Å². The second kappa shape index (κ2) is 12.3. The molecule has 8 nitrogen and oxygen atoms in total. The van der Waals surface area contributed by atoms with Gasteiger partial charge in [0.25, 0.3) is 5.91 Å². The predicted octanol–water partition coefficient (Wildman–Crippen LogP) is 4.40. The molecule has 1 saturated heterocycles. The summed E-state index contributed by atoms with van der Waals surface area (Å²) in [6.45, 7) is 1.05. The lowest BCUT2D eigenvalue weighted by Gasteiger charge is -2.42. The van der Waals surface area contributed by atoms with Crippen LogP contribution in [0.25, 0.3) is 0 Å². The maximum atomic E-state index is 13.4. The van der Waals surface area contributed by atoms with Crippen LogP contribution < -0.4 is 15.4 Å². The smallest absolute Gasteiger partial charge is 0.257 e. The number of carbonyl (C=O) groups is 3. The van der Waals surface area contributed by atoms with Crippen LogP contribution in [0.4, 0.5) is 5.69 Å². The molecule has 3 amide bonds. The number of hydrogen-bond acceptors (Lipinski definition) is 6. The fourth-order valence-corrected chi connectivity index (χ4v) is 6.51. The molecule has 204 valence electrons. The van der Waals surface area contributed by atoms with Crippen LogP contribution in [0.2, 0.25) is 0 Å². The average molecular weight is 540 g/mol. The molecule has 3 aliphatic rings. The maximum Gasteiger partial charge on any atom is 0.257 e. The monoisotopic (exact) mass is 539 g/mol. The number of thiophene rings is 1. The molecular weight excluding hydrogens is 502 g/mol. The molecule has 38 heavy (non-hydrogen) atoms. The Hall–Kier alpha value is -2.91. The van der Waals surface area contributed by atoms with Crippen molar-refractivity contribution in [3.8, 4) is 5.75 Å². The van der Waals surface area contributed by atoms with Crippen LogP contribution >= 0.6 is 11.3 Å². The Morgan fingerprint density at radius 1 is 1.08 bits per heavy atom. The number of nitrogens with zero attached hydrogens (tertiary/aromatic N) is 1. The molecule has 2 fully saturated rings. The summed E-state index contributed by atoms with van der Waals surface area (Å²) in [6, 6.07) is 8.86. The van der Waals surface area contributed by atoms with Gasteiger partial charge in [0.1, 0.15) is 18.5 Å². The lowest BCUT2D eigenvalue weighted by Crippen LogP contribution is -2.54. The van der Waals surface area contributed by atoms with Gasteiger partial charge in [-0.2, -0.15) is 0 Å². The predicted molar refractivity (Wildman–Crippen MR) is 147 cm³/mol. The van der Waals surface area contributed by atoms with Crippen molar-refractivity contribution in [1.29, 1.82) is 0 Å². The van der Waals surface area contributed by atoms with Gasteiger partial charge in [-0.3, -0.25) is 14.4 Å². The topological polar surface area (TPSA) is 97.0 Å². The van der Waals surface area contributed by atoms with Gasteiger partial charge < -0.3 is 25.0 Å². The number of carbonyl (C=O) groups excluding carboxylic acids is 3. The molecule has 2 N–H and O–H groups in total. The highest BCUT2D eigenvalue weighted by atomic mass is 32.1. The van der Waals surface area contributed by atoms with Crippen LogP contribution in [0, 0.1) is 5.92 Å². The second-order valence-electron chi connectivity index (χ2n) is 10.7. The van der Waals surface area contributed by atoms with E-state index in [1.165, 1.54) is 43.4 Å². The molecule has 2 aromatic rings. The maximum absolute atomic E-state index is 13.4. The Morgan fingerprint density at radius 3 is 2.71 bits per heavy atom. The molecule has 9 heteroatoms. The van der Waals surface area contributed by atoms with Gasteiger partial charge in [0.05, 0.1) is 30.6 Å². The summed E-state index contributed by atoms with van der Waals surface area (Å²) in [4.78, 5) is 41.2. The van der Waals surface area contributed by atoms with Gasteiger partial charge in [0.15, 0.2) is 0 Å². The van der Waals surface area contributed by atoms with Crippen LogP contribution in [0.15, 0.2) is 35.7 Å². The molecule has 0 bridgehead atoms. The third-order valence-electron chi connectivity index (χ3n) is 7.94. The number of benzene rings is 1. The van der Waals surface area contributed by atoms with E-state index >= 15 is 0 Å². The van der Waals surface area contributed by atoms with Crippen molar-refractivity contribution >= 4 is 34.7 Å². The summed E-state index contributed by atoms with van der Waals surface area (Å²) in [5.74, 6) is 0.797. The van der Waals surface area contributed by atoms with Gasteiger partial charge in [-0.15, -0.1) is 11.3 Å². The Labute approximate surface area is 228 Å². The molecule has 3 heterocycles. The van der Waals surface area contributed by atoms with E-state index in [-0.39, 0.29) is 36.0 Å². The van der Waals surface area contributed by atoms with Crippen molar-refractivity contribution in [1.82, 2.24) is 10.2 Å². The molecule has 1 saturated carbocycles. The number of likely N-dealkylation sites (N-methyl/N-ethyl adjacent to an activating group) is 1. The molecule has 3 atom stereocenters. The quantitative estimate of drug-likeness (QED) is 0.544. The number of hydrogen-bond donors (Lipinski definition) is 2. The number of fused-ring (bicyclic) bond motifs is 2. The van der Waals surface area contributed by atoms with Gasteiger partial charge in [0.2, 0.25) is 11.8 Å². The van der Waals surface area contributed by atoms with E-state index in [0.717, 1.165) is 17.8 Å². The summed E-state index contributed by atoms with van der Waals surface area (Å²) >= 11 is 1.54. The summed E-state index contributed by atoms with van der Waals surface area (Å²) in [5.41, 5.74) is 0.982. The minimum atomic E-state index is -0.313. The largest absolute Gasteiger partial charge is 0.490 e. The van der Waals surface area contributed by atoms with E-state index in [1.54, 1.807) is 30.1 Å². The fourth-order valence-electron chi connectivity index (χ4n) is 5.81. The molecule has 1 aromatic heterocycles. The highest BCUT2D eigenvalue weighted by Gasteiger charge is 2.39. The third-order valence-corrected chi connectivity index (χ3v) is 8.81. The number of anilines is 1. The molecule has 1 aliphatic carbocycles. The van der Waals surface area contributed by atoms with Crippen molar-refractivity contribution in [2.24, 2.45) is 5.92 Å². The molecule has 2 aliphatic heterocycles. The number of rotatable bonds is 7. The average Bonchev–Trinajstić information content (AvgIpc) is 3.43. The first kappa shape index (κ1) is 26.7. The number of nitrogens with one attached hydrogen (secondary N) is 2. The summed E-state index contributed by atoms with van der Waals surface area (Å²) in [5, 5.41) is 7.94. The van der Waals surface area contributed by atoms with Gasteiger partial charge in [-0.1, -0.05) is 25.3 Å². The van der Waals surface area contributed by atoms with Crippen LogP contribution in [0.5, 0.6) is 5.75 Å². The standard InChI is InChI=1S/C29H37N3O5S/c1-32-24-11-10-21(15-27(33)30-17-19-6-3-2-4-7-19)37-26(24)18-36-25-12-9-20(14-23(25)29(32)35)31-28(34)16-22-8-5-13-38-22/h5,8-9,12-14,19,21,24,26H,2-4,6-7,10-11,15-18H2,1H3,(H,30,33)(H,31,34)/t21-,24-,26+/m0/s1. The number of amides is 3. The first-order valence-corrected chi connectivity index (χ1v) is 14.6. The van der Waals surface area contributed by atoms with Gasteiger partial charge in [-0.05, 0) is 61.2 Å². The van der Waals surface area contributed by atoms with E-state index in [4.69, 9.17) is 9.47 Å². The Morgan fingerprint density at radius 2 is 1.92 bits per heavy atom. The molecule has 5 rings (SSSR count). The zero-order chi connectivity index (χ0) is 26.5. The van der Waals surface area contributed by atoms with Gasteiger partial charge in [-0.25, -0.2) is 0 Å². The normalized spacial score (nSPS) is 23.9. The van der Waals surface area contributed by atoms with Crippen molar-refractivity contribution < 1.29 is 23.9 Å². The fraction of sp³-hybridized carbons (Fsp3) is 0.552. The third kappa shape index (κ3) is 6.56. The summed E-state index contributed by atoms with van der Waals surface area (Å²) in [7, 11) is 1.79. The lowest BCUT2D eigenvalue weighted by molar-refractivity contribution is -0.134. The minimum absolute atomic E-state index is 0.0363. The molecular formula is C29H37N3O5S. The molecule has 1 aromatic carbocycles. The van der Waals surface area contributed by atoms with E-state index in [2.05, 4.69) is 10.6 Å². The first-order chi connectivity index (χ1) is 18.5. The molecule has 0 radical (unpaired) electrons. The Kier molecular flexibility index (Phi) is 8.64. The number of ether oxygens (including phenoxy) is 2. The minimum Gasteiger partial charge on any atom is -0.490 e. The Bertz CT molecular complexity index is 1130. The van der Waals surface area contributed by atoms with E-state index in [9.17, 15) is 14.4 Å². The summed E-state index contributed by atoms with van der Waals surface area (Å²) in [6.07, 6.45) is 7.80. The van der Waals surface area contributed by atoms with Gasteiger partial charge >= 0.3 is 0 Å². The van der Waals surface area contributed by atoms with Crippen molar-refractivity contribution in [3.05, 3.63) is 46.2 Å². The van der Waals surface area contributed by atoms with Crippen LogP contribution in [-0.4, -0.2) is 61.1 Å². The summed E-state index contributed by atoms with van der Waals surface area (Å²) < 4.78 is 12.4.